The molecule has 3 rings (SSSR count). The molecule has 0 amide bonds. The van der Waals surface area contributed by atoms with Gasteiger partial charge in [-0.2, -0.15) is 0 Å². The predicted octanol–water partition coefficient (Wildman–Crippen LogP) is 4.31. The Bertz CT molecular complexity index is 599. The highest BCUT2D eigenvalue weighted by atomic mass is 127. The number of carbonyl (C=O) groups excluding carboxylic acids is 1. The van der Waals surface area contributed by atoms with Crippen molar-refractivity contribution in [1.82, 2.24) is 4.90 Å². The molecule has 1 aromatic carbocycles. The summed E-state index contributed by atoms with van der Waals surface area (Å²) >= 11 is 2.58. The number of benzene rings is 1. The first-order chi connectivity index (χ1) is 11.1. The number of rotatable bonds is 4. The average Bonchev–Trinajstić information content (AvgIpc) is 2.82. The topological polar surface area (TPSA) is 29.5 Å². The van der Waals surface area contributed by atoms with Crippen molar-refractivity contribution < 1.29 is 9.53 Å². The Morgan fingerprint density at radius 1 is 1.30 bits per heavy atom. The third-order valence-electron chi connectivity index (χ3n) is 5.02. The third kappa shape index (κ3) is 3.28. The molecule has 1 aromatic rings. The molecule has 1 aliphatic carbocycles. The summed E-state index contributed by atoms with van der Waals surface area (Å²) in [5.74, 6) is 0.217. The summed E-state index contributed by atoms with van der Waals surface area (Å²) in [5.41, 5.74) is 3.34. The number of esters is 1. The van der Waals surface area contributed by atoms with Crippen LogP contribution >= 0.6 is 22.6 Å². The Morgan fingerprint density at radius 2 is 2.04 bits per heavy atom. The summed E-state index contributed by atoms with van der Waals surface area (Å²) in [5, 5.41) is 0. The van der Waals surface area contributed by atoms with Gasteiger partial charge in [0, 0.05) is 28.1 Å². The molecule has 0 aromatic heterocycles. The molecule has 1 aliphatic heterocycles. The maximum Gasteiger partial charge on any atom is 0.336 e. The number of hydrogen-bond acceptors (Lipinski definition) is 3. The quantitative estimate of drug-likeness (QED) is 0.409. The number of alkyl halides is 1. The Labute approximate surface area is 152 Å². The second-order valence-electron chi connectivity index (χ2n) is 6.38. The van der Waals surface area contributed by atoms with E-state index in [-0.39, 0.29) is 5.97 Å². The van der Waals surface area contributed by atoms with Gasteiger partial charge in [0.05, 0.1) is 12.2 Å². The zero-order valence-electron chi connectivity index (χ0n) is 13.8. The maximum atomic E-state index is 12.5. The molecular weight excluding hydrogens is 401 g/mol. The zero-order chi connectivity index (χ0) is 16.4. The zero-order valence-corrected chi connectivity index (χ0v) is 16.0. The molecule has 2 aliphatic rings. The van der Waals surface area contributed by atoms with E-state index in [1.807, 2.05) is 13.0 Å². The fourth-order valence-electron chi connectivity index (χ4n) is 4.01. The fourth-order valence-corrected chi connectivity index (χ4v) is 5.34. The molecule has 1 saturated carbocycles. The van der Waals surface area contributed by atoms with E-state index in [1.54, 1.807) is 0 Å². The lowest BCUT2D eigenvalue weighted by molar-refractivity contribution is -0.139. The first-order valence-corrected chi connectivity index (χ1v) is 9.70. The van der Waals surface area contributed by atoms with Gasteiger partial charge >= 0.3 is 5.97 Å². The van der Waals surface area contributed by atoms with E-state index >= 15 is 0 Å². The lowest BCUT2D eigenvalue weighted by atomic mass is 9.81. The van der Waals surface area contributed by atoms with Crippen LogP contribution in [-0.2, 0) is 16.1 Å². The minimum absolute atomic E-state index is 0.110. The molecule has 1 fully saturated rings. The number of allylic oxidation sites excluding steroid dienone is 1. The van der Waals surface area contributed by atoms with E-state index in [2.05, 4.69) is 58.7 Å². The van der Waals surface area contributed by atoms with Gasteiger partial charge in [-0.25, -0.2) is 4.79 Å². The van der Waals surface area contributed by atoms with E-state index in [4.69, 9.17) is 4.74 Å². The summed E-state index contributed by atoms with van der Waals surface area (Å²) in [6.07, 6.45) is 3.53. The lowest BCUT2D eigenvalue weighted by Crippen LogP contribution is -2.43. The minimum Gasteiger partial charge on any atom is -0.463 e. The highest BCUT2D eigenvalue weighted by Gasteiger charge is 2.46. The van der Waals surface area contributed by atoms with Crippen molar-refractivity contribution in [3.8, 4) is 0 Å². The summed E-state index contributed by atoms with van der Waals surface area (Å²) in [6.45, 7) is 5.29. The largest absolute Gasteiger partial charge is 0.463 e. The van der Waals surface area contributed by atoms with Gasteiger partial charge in [-0.15, -0.1) is 0 Å². The molecule has 124 valence electrons. The number of halogens is 1. The molecule has 0 spiro atoms. The molecule has 1 heterocycles. The Hall–Kier alpha value is -1.04. The van der Waals surface area contributed by atoms with Crippen LogP contribution in [0.2, 0.25) is 0 Å². The van der Waals surface area contributed by atoms with Crippen molar-refractivity contribution in [2.75, 3.05) is 6.61 Å². The highest BCUT2D eigenvalue weighted by molar-refractivity contribution is 14.1. The van der Waals surface area contributed by atoms with Crippen LogP contribution in [0.15, 0.2) is 41.6 Å². The van der Waals surface area contributed by atoms with Gasteiger partial charge in [0.15, 0.2) is 0 Å². The average molecular weight is 425 g/mol. The second kappa shape index (κ2) is 7.24. The van der Waals surface area contributed by atoms with E-state index in [0.29, 0.717) is 22.5 Å². The van der Waals surface area contributed by atoms with Crippen molar-refractivity contribution in [2.45, 2.75) is 49.6 Å². The van der Waals surface area contributed by atoms with Crippen LogP contribution in [0, 0.1) is 5.92 Å². The molecule has 3 nitrogen and oxygen atoms in total. The molecule has 3 atom stereocenters. The maximum absolute atomic E-state index is 12.5. The van der Waals surface area contributed by atoms with Gasteiger partial charge in [0.25, 0.3) is 0 Å². The Kier molecular flexibility index (Phi) is 5.29. The molecule has 4 heteroatoms. The van der Waals surface area contributed by atoms with E-state index in [0.717, 1.165) is 24.2 Å². The monoisotopic (exact) mass is 425 g/mol. The Balaban J connectivity index is 1.93. The Morgan fingerprint density at radius 3 is 2.74 bits per heavy atom. The fraction of sp³-hybridized carbons (Fsp3) is 0.526. The normalized spacial score (nSPS) is 27.1. The minimum atomic E-state index is -0.110. The van der Waals surface area contributed by atoms with E-state index < -0.39 is 0 Å². The van der Waals surface area contributed by atoms with Crippen molar-refractivity contribution >= 4 is 28.6 Å². The van der Waals surface area contributed by atoms with Crippen LogP contribution in [0.4, 0.5) is 0 Å². The molecule has 0 N–H and O–H groups in total. The van der Waals surface area contributed by atoms with Crippen LogP contribution in [0.3, 0.4) is 0 Å². The first-order valence-electron chi connectivity index (χ1n) is 8.46. The lowest BCUT2D eigenvalue weighted by Gasteiger charge is -2.38. The van der Waals surface area contributed by atoms with Crippen LogP contribution in [0.25, 0.3) is 0 Å². The predicted molar refractivity (Wildman–Crippen MR) is 100 cm³/mol. The number of carbonyl (C=O) groups is 1. The summed E-state index contributed by atoms with van der Waals surface area (Å²) in [7, 11) is 0. The molecule has 0 bridgehead atoms. The van der Waals surface area contributed by atoms with E-state index in [1.165, 1.54) is 18.4 Å². The summed E-state index contributed by atoms with van der Waals surface area (Å²) < 4.78 is 5.93. The van der Waals surface area contributed by atoms with Crippen LogP contribution < -0.4 is 0 Å². The van der Waals surface area contributed by atoms with Gasteiger partial charge in [-0.05, 0) is 32.3 Å². The molecular formula is C19H24INO2. The first kappa shape index (κ1) is 16.8. The summed E-state index contributed by atoms with van der Waals surface area (Å²) in [4.78, 5) is 15.0. The van der Waals surface area contributed by atoms with Gasteiger partial charge in [-0.3, -0.25) is 0 Å². The molecule has 0 saturated heterocycles. The van der Waals surface area contributed by atoms with Gasteiger partial charge in [-0.1, -0.05) is 59.3 Å². The smallest absolute Gasteiger partial charge is 0.336 e. The van der Waals surface area contributed by atoms with Crippen LogP contribution in [0.1, 0.15) is 38.7 Å². The second-order valence-corrected chi connectivity index (χ2v) is 7.98. The van der Waals surface area contributed by atoms with Crippen molar-refractivity contribution in [2.24, 2.45) is 5.92 Å². The van der Waals surface area contributed by atoms with Crippen molar-refractivity contribution in [1.29, 1.82) is 0 Å². The van der Waals surface area contributed by atoms with Crippen molar-refractivity contribution in [3.05, 3.63) is 47.2 Å². The number of fused-ring (bicyclic) bond motifs is 1. The number of nitrogens with zero attached hydrogens (tertiary/aromatic N) is 1. The standard InChI is InChI=1S/C19H24INO2/c1-3-23-19(22)17-13(2)21(12-14-8-5-4-6-9-14)18-15(17)10-7-11-16(18)20/h4-6,8-9,15-16,18H,3,7,10-12H2,1-2H3/t15-,16+,18+/m0/s1. The van der Waals surface area contributed by atoms with Gasteiger partial charge in [0.2, 0.25) is 0 Å². The van der Waals surface area contributed by atoms with E-state index in [9.17, 15) is 4.79 Å². The number of ether oxygens (including phenoxy) is 1. The summed E-state index contributed by atoms with van der Waals surface area (Å²) in [6, 6.07) is 11.0. The molecule has 0 unspecified atom stereocenters. The van der Waals surface area contributed by atoms with Gasteiger partial charge < -0.3 is 9.64 Å². The van der Waals surface area contributed by atoms with Crippen LogP contribution in [-0.4, -0.2) is 27.4 Å². The SMILES string of the molecule is CCOC(=O)C1=C(C)N(Cc2ccccc2)[C@H]2[C@H](I)CCC[C@@H]12. The third-order valence-corrected chi connectivity index (χ3v) is 6.38. The molecule has 23 heavy (non-hydrogen) atoms. The van der Waals surface area contributed by atoms with Gasteiger partial charge in [0.1, 0.15) is 0 Å². The highest BCUT2D eigenvalue weighted by Crippen LogP contribution is 2.46. The van der Waals surface area contributed by atoms with Crippen LogP contribution in [0.5, 0.6) is 0 Å². The number of hydrogen-bond donors (Lipinski definition) is 0. The van der Waals surface area contributed by atoms with Crippen molar-refractivity contribution in [3.63, 3.8) is 0 Å². The molecule has 0 radical (unpaired) electrons.